The van der Waals surface area contributed by atoms with Gasteiger partial charge in [-0.15, -0.1) is 0 Å². The highest BCUT2D eigenvalue weighted by Crippen LogP contribution is 2.28. The Morgan fingerprint density at radius 2 is 1.88 bits per heavy atom. The topological polar surface area (TPSA) is 72.9 Å². The van der Waals surface area contributed by atoms with E-state index in [1.54, 1.807) is 6.33 Å². The lowest BCUT2D eigenvalue weighted by Crippen LogP contribution is -2.40. The van der Waals surface area contributed by atoms with Crippen LogP contribution in [0.5, 0.6) is 0 Å². The average molecular weight is 322 g/mol. The third-order valence-corrected chi connectivity index (χ3v) is 4.93. The SMILES string of the molecule is CC(N)C1CCN(c2ncnc3c2cnn3-c2ccccc2)CC1. The van der Waals surface area contributed by atoms with Gasteiger partial charge in [0.05, 0.1) is 17.3 Å². The van der Waals surface area contributed by atoms with E-state index in [9.17, 15) is 0 Å². The van der Waals surface area contributed by atoms with E-state index in [1.165, 1.54) is 0 Å². The van der Waals surface area contributed by atoms with Crippen molar-refractivity contribution in [1.82, 2.24) is 19.7 Å². The first-order valence-corrected chi connectivity index (χ1v) is 8.48. The van der Waals surface area contributed by atoms with Crippen molar-refractivity contribution in [3.63, 3.8) is 0 Å². The van der Waals surface area contributed by atoms with Gasteiger partial charge in [-0.1, -0.05) is 18.2 Å². The largest absolute Gasteiger partial charge is 0.356 e. The van der Waals surface area contributed by atoms with E-state index in [0.717, 1.165) is 48.5 Å². The summed E-state index contributed by atoms with van der Waals surface area (Å²) in [6, 6.07) is 10.3. The van der Waals surface area contributed by atoms with Gasteiger partial charge in [0, 0.05) is 19.1 Å². The fourth-order valence-electron chi connectivity index (χ4n) is 3.48. The van der Waals surface area contributed by atoms with Crippen molar-refractivity contribution in [3.05, 3.63) is 42.9 Å². The highest BCUT2D eigenvalue weighted by atomic mass is 15.3. The highest BCUT2D eigenvalue weighted by Gasteiger charge is 2.24. The van der Waals surface area contributed by atoms with Crippen molar-refractivity contribution in [2.75, 3.05) is 18.0 Å². The molecule has 1 aliphatic rings. The molecule has 0 saturated carbocycles. The Bertz CT molecular complexity index is 818. The van der Waals surface area contributed by atoms with Gasteiger partial charge in [0.1, 0.15) is 12.1 Å². The van der Waals surface area contributed by atoms with Crippen LogP contribution in [-0.2, 0) is 0 Å². The maximum Gasteiger partial charge on any atom is 0.168 e. The zero-order valence-corrected chi connectivity index (χ0v) is 13.8. The van der Waals surface area contributed by atoms with Crippen molar-refractivity contribution in [2.45, 2.75) is 25.8 Å². The van der Waals surface area contributed by atoms with Crippen molar-refractivity contribution < 1.29 is 0 Å². The van der Waals surface area contributed by atoms with E-state index in [0.29, 0.717) is 5.92 Å². The summed E-state index contributed by atoms with van der Waals surface area (Å²) in [5.41, 5.74) is 7.91. The number of nitrogens with two attached hydrogens (primary N) is 1. The van der Waals surface area contributed by atoms with Crippen molar-refractivity contribution in [1.29, 1.82) is 0 Å². The van der Waals surface area contributed by atoms with Gasteiger partial charge in [-0.3, -0.25) is 0 Å². The van der Waals surface area contributed by atoms with E-state index in [2.05, 4.69) is 26.9 Å². The summed E-state index contributed by atoms with van der Waals surface area (Å²) >= 11 is 0. The normalized spacial score (nSPS) is 17.3. The van der Waals surface area contributed by atoms with Gasteiger partial charge in [0.2, 0.25) is 0 Å². The molecule has 124 valence electrons. The summed E-state index contributed by atoms with van der Waals surface area (Å²) in [7, 11) is 0. The monoisotopic (exact) mass is 322 g/mol. The summed E-state index contributed by atoms with van der Waals surface area (Å²) in [5.74, 6) is 1.58. The second kappa shape index (κ2) is 6.20. The Balaban J connectivity index is 1.67. The third kappa shape index (κ3) is 2.63. The van der Waals surface area contributed by atoms with Gasteiger partial charge in [-0.2, -0.15) is 5.10 Å². The fourth-order valence-corrected chi connectivity index (χ4v) is 3.48. The zero-order valence-electron chi connectivity index (χ0n) is 13.8. The molecule has 0 aliphatic carbocycles. The Morgan fingerprint density at radius 1 is 1.12 bits per heavy atom. The Morgan fingerprint density at radius 3 is 2.58 bits per heavy atom. The molecule has 1 unspecified atom stereocenters. The van der Waals surface area contributed by atoms with Crippen molar-refractivity contribution in [3.8, 4) is 5.69 Å². The number of piperidine rings is 1. The summed E-state index contributed by atoms with van der Waals surface area (Å²) in [6.07, 6.45) is 5.72. The zero-order chi connectivity index (χ0) is 16.5. The number of hydrogen-bond acceptors (Lipinski definition) is 5. The molecule has 2 N–H and O–H groups in total. The predicted octanol–water partition coefficient (Wildman–Crippen LogP) is 2.38. The van der Waals surface area contributed by atoms with Crippen LogP contribution in [0, 0.1) is 5.92 Å². The number of para-hydroxylation sites is 1. The molecule has 0 amide bonds. The molecule has 1 saturated heterocycles. The first kappa shape index (κ1) is 15.1. The maximum atomic E-state index is 6.05. The Labute approximate surface area is 141 Å². The van der Waals surface area contributed by atoms with E-state index in [4.69, 9.17) is 5.73 Å². The highest BCUT2D eigenvalue weighted by molar-refractivity contribution is 5.87. The summed E-state index contributed by atoms with van der Waals surface area (Å²) in [4.78, 5) is 11.3. The number of anilines is 1. The molecular formula is C18H22N6. The molecule has 24 heavy (non-hydrogen) atoms. The van der Waals surface area contributed by atoms with Gasteiger partial charge in [-0.25, -0.2) is 14.6 Å². The maximum absolute atomic E-state index is 6.05. The van der Waals surface area contributed by atoms with E-state index in [-0.39, 0.29) is 6.04 Å². The summed E-state index contributed by atoms with van der Waals surface area (Å²) in [6.45, 7) is 4.07. The molecule has 1 aliphatic heterocycles. The lowest BCUT2D eigenvalue weighted by atomic mass is 9.91. The number of rotatable bonds is 3. The number of fused-ring (bicyclic) bond motifs is 1. The summed E-state index contributed by atoms with van der Waals surface area (Å²) in [5, 5.41) is 5.53. The minimum absolute atomic E-state index is 0.262. The second-order valence-corrected chi connectivity index (χ2v) is 6.51. The van der Waals surface area contributed by atoms with Crippen molar-refractivity contribution >= 4 is 16.9 Å². The average Bonchev–Trinajstić information content (AvgIpc) is 3.06. The van der Waals surface area contributed by atoms with Crippen LogP contribution in [-0.4, -0.2) is 38.9 Å². The Kier molecular flexibility index (Phi) is 3.90. The molecule has 4 rings (SSSR count). The molecule has 0 bridgehead atoms. The molecule has 1 fully saturated rings. The van der Waals surface area contributed by atoms with Gasteiger partial charge < -0.3 is 10.6 Å². The fraction of sp³-hybridized carbons (Fsp3) is 0.389. The van der Waals surface area contributed by atoms with Crippen LogP contribution >= 0.6 is 0 Å². The molecule has 6 heteroatoms. The number of benzene rings is 1. The number of hydrogen-bond donors (Lipinski definition) is 1. The van der Waals surface area contributed by atoms with Crippen LogP contribution in [0.15, 0.2) is 42.9 Å². The molecule has 0 radical (unpaired) electrons. The summed E-state index contributed by atoms with van der Waals surface area (Å²) < 4.78 is 1.87. The van der Waals surface area contributed by atoms with Crippen LogP contribution < -0.4 is 10.6 Å². The third-order valence-electron chi connectivity index (χ3n) is 4.93. The molecule has 2 aromatic heterocycles. The second-order valence-electron chi connectivity index (χ2n) is 6.51. The van der Waals surface area contributed by atoms with E-state index >= 15 is 0 Å². The predicted molar refractivity (Wildman–Crippen MR) is 95.2 cm³/mol. The van der Waals surface area contributed by atoms with Crippen LogP contribution in [0.25, 0.3) is 16.7 Å². The quantitative estimate of drug-likeness (QED) is 0.801. The Hall–Kier alpha value is -2.47. The van der Waals surface area contributed by atoms with Crippen LogP contribution in [0.2, 0.25) is 0 Å². The van der Waals surface area contributed by atoms with Crippen LogP contribution in [0.4, 0.5) is 5.82 Å². The van der Waals surface area contributed by atoms with Gasteiger partial charge >= 0.3 is 0 Å². The van der Waals surface area contributed by atoms with Crippen molar-refractivity contribution in [2.24, 2.45) is 11.7 Å². The van der Waals surface area contributed by atoms with Crippen LogP contribution in [0.1, 0.15) is 19.8 Å². The molecule has 0 spiro atoms. The lowest BCUT2D eigenvalue weighted by Gasteiger charge is -2.34. The molecule has 1 atom stereocenters. The van der Waals surface area contributed by atoms with Gasteiger partial charge in [-0.05, 0) is 37.8 Å². The molecule has 6 nitrogen and oxygen atoms in total. The van der Waals surface area contributed by atoms with E-state index in [1.807, 2.05) is 41.2 Å². The lowest BCUT2D eigenvalue weighted by molar-refractivity contribution is 0.354. The minimum atomic E-state index is 0.262. The first-order valence-electron chi connectivity index (χ1n) is 8.48. The van der Waals surface area contributed by atoms with Crippen LogP contribution in [0.3, 0.4) is 0 Å². The van der Waals surface area contributed by atoms with E-state index < -0.39 is 0 Å². The molecule has 1 aromatic carbocycles. The standard InChI is InChI=1S/C18H22N6/c1-13(19)14-7-9-23(10-8-14)17-16-11-22-24(18(16)21-12-20-17)15-5-3-2-4-6-15/h2-6,11-14H,7-10,19H2,1H3. The minimum Gasteiger partial charge on any atom is -0.356 e. The molecular weight excluding hydrogens is 300 g/mol. The van der Waals surface area contributed by atoms with Gasteiger partial charge in [0.25, 0.3) is 0 Å². The number of aromatic nitrogens is 4. The smallest absolute Gasteiger partial charge is 0.168 e. The number of nitrogens with zero attached hydrogens (tertiary/aromatic N) is 5. The molecule has 3 aromatic rings. The molecule has 3 heterocycles. The first-order chi connectivity index (χ1) is 11.7. The van der Waals surface area contributed by atoms with Gasteiger partial charge in [0.15, 0.2) is 5.65 Å².